The Hall–Kier alpha value is -3.22. The molecular weight excluding hydrogens is 466 g/mol. The topological polar surface area (TPSA) is 83.3 Å². The monoisotopic (exact) mass is 503 g/mol. The van der Waals surface area contributed by atoms with Crippen LogP contribution in [0.15, 0.2) is 53.1 Å². The highest BCUT2D eigenvalue weighted by Crippen LogP contribution is 2.54. The SMILES string of the molecule is CCCCn1cc(COc2ccccc2C2C3=C(CC(C)(C)CC3=O)OC3=C2C(=O)CC(C)(C)C3)nn1. The number of allylic oxidation sites excluding steroid dienone is 4. The molecule has 2 aromatic rings. The van der Waals surface area contributed by atoms with Crippen LogP contribution in [0.2, 0.25) is 0 Å². The fourth-order valence-corrected chi connectivity index (χ4v) is 5.82. The van der Waals surface area contributed by atoms with Crippen molar-refractivity contribution in [1.82, 2.24) is 15.0 Å². The van der Waals surface area contributed by atoms with Crippen LogP contribution >= 0.6 is 0 Å². The lowest BCUT2D eigenvalue weighted by Gasteiger charge is -2.43. The van der Waals surface area contributed by atoms with Crippen molar-refractivity contribution in [3.8, 4) is 5.75 Å². The van der Waals surface area contributed by atoms with Gasteiger partial charge in [0.15, 0.2) is 11.6 Å². The maximum atomic E-state index is 13.6. The smallest absolute Gasteiger partial charge is 0.163 e. The Labute approximate surface area is 218 Å². The summed E-state index contributed by atoms with van der Waals surface area (Å²) in [4.78, 5) is 27.2. The molecule has 1 aromatic heterocycles. The summed E-state index contributed by atoms with van der Waals surface area (Å²) < 4.78 is 14.5. The van der Waals surface area contributed by atoms with Crippen molar-refractivity contribution in [2.24, 2.45) is 10.8 Å². The molecule has 0 fully saturated rings. The number of carbonyl (C=O) groups is 2. The molecule has 0 spiro atoms. The van der Waals surface area contributed by atoms with Gasteiger partial charge in [0.05, 0.1) is 12.1 Å². The average molecular weight is 504 g/mol. The predicted octanol–water partition coefficient (Wildman–Crippen LogP) is 6.06. The second-order valence-electron chi connectivity index (χ2n) is 12.2. The molecule has 0 saturated heterocycles. The third-order valence-electron chi connectivity index (χ3n) is 7.51. The first-order valence-electron chi connectivity index (χ1n) is 13.4. The van der Waals surface area contributed by atoms with E-state index in [9.17, 15) is 9.59 Å². The van der Waals surface area contributed by atoms with Gasteiger partial charge in [-0.05, 0) is 23.3 Å². The normalized spacial score (nSPS) is 21.0. The summed E-state index contributed by atoms with van der Waals surface area (Å²) in [5.74, 6) is 1.69. The van der Waals surface area contributed by atoms with Crippen LogP contribution in [-0.2, 0) is 27.5 Å². The van der Waals surface area contributed by atoms with Crippen LogP contribution in [0.1, 0.15) is 90.3 Å². The zero-order valence-corrected chi connectivity index (χ0v) is 22.6. The van der Waals surface area contributed by atoms with Crippen LogP contribution in [0.3, 0.4) is 0 Å². The first-order chi connectivity index (χ1) is 17.6. The Balaban J connectivity index is 1.53. The molecule has 2 heterocycles. The van der Waals surface area contributed by atoms with Crippen LogP contribution in [0.4, 0.5) is 0 Å². The van der Waals surface area contributed by atoms with Crippen molar-refractivity contribution in [1.29, 1.82) is 0 Å². The zero-order chi connectivity index (χ0) is 26.4. The van der Waals surface area contributed by atoms with E-state index in [1.165, 1.54) is 0 Å². The number of aryl methyl sites for hydroxylation is 1. The number of ether oxygens (including phenoxy) is 2. The minimum absolute atomic E-state index is 0.0501. The number of nitrogens with zero attached hydrogens (tertiary/aromatic N) is 3. The molecule has 0 unspecified atom stereocenters. The van der Waals surface area contributed by atoms with Crippen molar-refractivity contribution in [3.05, 3.63) is 64.4 Å². The second-order valence-corrected chi connectivity index (χ2v) is 12.2. The Morgan fingerprint density at radius 1 is 0.973 bits per heavy atom. The molecule has 7 nitrogen and oxygen atoms in total. The van der Waals surface area contributed by atoms with Crippen LogP contribution in [-0.4, -0.2) is 26.6 Å². The van der Waals surface area contributed by atoms with Gasteiger partial charge in [-0.25, -0.2) is 0 Å². The molecule has 0 N–H and O–H groups in total. The number of para-hydroxylation sites is 1. The van der Waals surface area contributed by atoms with Gasteiger partial charge in [-0.1, -0.05) is 64.5 Å². The van der Waals surface area contributed by atoms with E-state index in [-0.39, 0.29) is 29.0 Å². The molecule has 196 valence electrons. The highest BCUT2D eigenvalue weighted by atomic mass is 16.5. The van der Waals surface area contributed by atoms with E-state index in [4.69, 9.17) is 9.47 Å². The van der Waals surface area contributed by atoms with Gasteiger partial charge in [-0.2, -0.15) is 0 Å². The molecule has 0 atom stereocenters. The third-order valence-corrected chi connectivity index (χ3v) is 7.51. The molecular formula is C30H37N3O4. The van der Waals surface area contributed by atoms with Gasteiger partial charge in [0.25, 0.3) is 0 Å². The molecule has 0 bridgehead atoms. The van der Waals surface area contributed by atoms with E-state index in [1.807, 2.05) is 35.1 Å². The molecule has 0 saturated carbocycles. The van der Waals surface area contributed by atoms with Crippen molar-refractivity contribution in [2.45, 2.75) is 92.2 Å². The predicted molar refractivity (Wildman–Crippen MR) is 140 cm³/mol. The summed E-state index contributed by atoms with van der Waals surface area (Å²) in [6, 6.07) is 7.73. The molecule has 37 heavy (non-hydrogen) atoms. The summed E-state index contributed by atoms with van der Waals surface area (Å²) >= 11 is 0. The lowest BCUT2D eigenvalue weighted by molar-refractivity contribution is -0.120. The van der Waals surface area contributed by atoms with E-state index in [0.29, 0.717) is 54.1 Å². The number of rotatable bonds is 7. The maximum Gasteiger partial charge on any atom is 0.163 e. The lowest BCUT2D eigenvalue weighted by atomic mass is 9.65. The Morgan fingerprint density at radius 2 is 1.59 bits per heavy atom. The molecule has 1 aliphatic heterocycles. The van der Waals surface area contributed by atoms with E-state index in [2.05, 4.69) is 44.9 Å². The maximum absolute atomic E-state index is 13.6. The van der Waals surface area contributed by atoms with Gasteiger partial charge in [-0.15, -0.1) is 5.10 Å². The molecule has 1 aromatic carbocycles. The van der Waals surface area contributed by atoms with Crippen LogP contribution in [0.25, 0.3) is 0 Å². The number of Topliss-reactive ketones (excluding diaryl/α,β-unsaturated/α-hetero) is 2. The number of carbonyl (C=O) groups excluding carboxylic acids is 2. The number of aromatic nitrogens is 3. The van der Waals surface area contributed by atoms with Gasteiger partial charge in [-0.3, -0.25) is 14.3 Å². The number of hydrogen-bond donors (Lipinski definition) is 0. The van der Waals surface area contributed by atoms with Gasteiger partial charge in [0.1, 0.15) is 29.6 Å². The second kappa shape index (κ2) is 9.58. The van der Waals surface area contributed by atoms with Crippen molar-refractivity contribution in [2.75, 3.05) is 0 Å². The quantitative estimate of drug-likeness (QED) is 0.457. The average Bonchev–Trinajstić information content (AvgIpc) is 3.26. The largest absolute Gasteiger partial charge is 0.487 e. The van der Waals surface area contributed by atoms with Crippen molar-refractivity contribution >= 4 is 11.6 Å². The molecule has 3 aliphatic rings. The Bertz CT molecular complexity index is 1250. The lowest BCUT2D eigenvalue weighted by Crippen LogP contribution is -2.37. The highest BCUT2D eigenvalue weighted by Gasteiger charge is 2.48. The van der Waals surface area contributed by atoms with Crippen LogP contribution in [0.5, 0.6) is 5.75 Å². The molecule has 7 heteroatoms. The summed E-state index contributed by atoms with van der Waals surface area (Å²) in [7, 11) is 0. The minimum Gasteiger partial charge on any atom is -0.487 e. The fraction of sp³-hybridized carbons (Fsp3) is 0.533. The molecule has 5 rings (SSSR count). The molecule has 2 aliphatic carbocycles. The Morgan fingerprint density at radius 3 is 2.22 bits per heavy atom. The van der Waals surface area contributed by atoms with Gasteiger partial charge in [0, 0.05) is 48.9 Å². The summed E-state index contributed by atoms with van der Waals surface area (Å²) in [5.41, 5.74) is 2.42. The first-order valence-corrected chi connectivity index (χ1v) is 13.4. The van der Waals surface area contributed by atoms with Crippen molar-refractivity contribution < 1.29 is 19.1 Å². The minimum atomic E-state index is -0.484. The number of hydrogen-bond acceptors (Lipinski definition) is 6. The van der Waals surface area contributed by atoms with Gasteiger partial charge in [0.2, 0.25) is 0 Å². The van der Waals surface area contributed by atoms with Crippen LogP contribution in [0, 0.1) is 10.8 Å². The molecule has 0 radical (unpaired) electrons. The number of unbranched alkanes of at least 4 members (excludes halogenated alkanes) is 1. The zero-order valence-electron chi connectivity index (χ0n) is 22.6. The van der Waals surface area contributed by atoms with E-state index in [1.54, 1.807) is 0 Å². The molecule has 0 amide bonds. The third kappa shape index (κ3) is 5.13. The van der Waals surface area contributed by atoms with E-state index < -0.39 is 5.92 Å². The van der Waals surface area contributed by atoms with Gasteiger partial charge >= 0.3 is 0 Å². The number of ketones is 2. The summed E-state index contributed by atoms with van der Waals surface area (Å²) in [5, 5.41) is 8.45. The van der Waals surface area contributed by atoms with E-state index >= 15 is 0 Å². The Kier molecular flexibility index (Phi) is 6.59. The highest BCUT2D eigenvalue weighted by molar-refractivity contribution is 6.06. The van der Waals surface area contributed by atoms with Crippen molar-refractivity contribution in [3.63, 3.8) is 0 Å². The van der Waals surface area contributed by atoms with Gasteiger partial charge < -0.3 is 9.47 Å². The first kappa shape index (κ1) is 25.4. The van der Waals surface area contributed by atoms with E-state index in [0.717, 1.165) is 30.6 Å². The summed E-state index contributed by atoms with van der Waals surface area (Å²) in [6.45, 7) is 11.6. The number of benzene rings is 1. The van der Waals surface area contributed by atoms with Crippen LogP contribution < -0.4 is 4.74 Å². The standard InChI is InChI=1S/C30H37N3O4/c1-6-7-12-33-17-19(31-32-33)18-36-23-11-9-8-10-20(23)26-27-21(34)13-29(2,3)15-24(27)37-25-16-30(4,5)14-22(35)28(25)26/h8-11,17,26H,6-7,12-16,18H2,1-5H3. The fourth-order valence-electron chi connectivity index (χ4n) is 5.82. The summed E-state index contributed by atoms with van der Waals surface area (Å²) in [6.07, 6.45) is 6.23.